The first-order valence-corrected chi connectivity index (χ1v) is 5.40. The molecule has 0 aromatic carbocycles. The Morgan fingerprint density at radius 2 is 2.43 bits per heavy atom. The average molecular weight is 212 g/mol. The van der Waals surface area contributed by atoms with Crippen LogP contribution in [0.15, 0.2) is 23.0 Å². The quantitative estimate of drug-likeness (QED) is 0.418. The number of allylic oxidation sites excluding steroid dienone is 2. The third kappa shape index (κ3) is 3.33. The van der Waals surface area contributed by atoms with E-state index in [2.05, 4.69) is 16.6 Å². The SMILES string of the molecule is C=C(N)NS/C(C=N)=C1\CCCCN1. The minimum absolute atomic E-state index is 0.408. The fourth-order valence-electron chi connectivity index (χ4n) is 1.26. The van der Waals surface area contributed by atoms with Crippen molar-refractivity contribution in [1.82, 2.24) is 10.0 Å². The van der Waals surface area contributed by atoms with Crippen LogP contribution < -0.4 is 15.8 Å². The summed E-state index contributed by atoms with van der Waals surface area (Å²) in [6.45, 7) is 4.53. The lowest BCUT2D eigenvalue weighted by Gasteiger charge is -2.19. The minimum Gasteiger partial charge on any atom is -0.387 e. The molecule has 0 aromatic rings. The molecular weight excluding hydrogens is 196 g/mol. The fourth-order valence-corrected chi connectivity index (χ4v) is 1.86. The maximum atomic E-state index is 7.29. The van der Waals surface area contributed by atoms with Gasteiger partial charge < -0.3 is 21.2 Å². The van der Waals surface area contributed by atoms with E-state index in [0.717, 1.165) is 23.6 Å². The van der Waals surface area contributed by atoms with E-state index in [4.69, 9.17) is 11.1 Å². The Morgan fingerprint density at radius 3 is 2.93 bits per heavy atom. The standard InChI is InChI=1S/C9H16N4S/c1-7(11)13-14-9(6-10)8-4-2-3-5-12-8/h6,10,12-13H,1-5,11H2/b9-8+,10-6?. The Balaban J connectivity index is 2.57. The van der Waals surface area contributed by atoms with Crippen molar-refractivity contribution in [2.75, 3.05) is 6.54 Å². The molecule has 0 spiro atoms. The van der Waals surface area contributed by atoms with Crippen LogP contribution in [0.4, 0.5) is 0 Å². The second-order valence-electron chi connectivity index (χ2n) is 3.10. The van der Waals surface area contributed by atoms with Crippen molar-refractivity contribution in [3.63, 3.8) is 0 Å². The molecule has 0 bridgehead atoms. The molecular formula is C9H16N4S. The number of hydrogen-bond acceptors (Lipinski definition) is 5. The zero-order valence-corrected chi connectivity index (χ0v) is 8.91. The minimum atomic E-state index is 0.408. The lowest BCUT2D eigenvalue weighted by molar-refractivity contribution is 0.588. The second-order valence-corrected chi connectivity index (χ2v) is 3.95. The Labute approximate surface area is 88.7 Å². The highest BCUT2D eigenvalue weighted by molar-refractivity contribution is 8.02. The van der Waals surface area contributed by atoms with Gasteiger partial charge in [0.25, 0.3) is 0 Å². The van der Waals surface area contributed by atoms with E-state index in [9.17, 15) is 0 Å². The van der Waals surface area contributed by atoms with E-state index in [1.807, 2.05) is 0 Å². The van der Waals surface area contributed by atoms with Crippen molar-refractivity contribution in [2.45, 2.75) is 19.3 Å². The molecule has 1 aliphatic heterocycles. The second kappa shape index (κ2) is 5.59. The lowest BCUT2D eigenvalue weighted by Crippen LogP contribution is -2.22. The largest absolute Gasteiger partial charge is 0.387 e. The van der Waals surface area contributed by atoms with Crippen LogP contribution >= 0.6 is 11.9 Å². The molecule has 1 saturated heterocycles. The molecule has 0 aromatic heterocycles. The van der Waals surface area contributed by atoms with Gasteiger partial charge in [-0.1, -0.05) is 6.58 Å². The van der Waals surface area contributed by atoms with Gasteiger partial charge in [0.1, 0.15) is 0 Å². The van der Waals surface area contributed by atoms with Gasteiger partial charge in [0.2, 0.25) is 0 Å². The van der Waals surface area contributed by atoms with Crippen LogP contribution in [0.5, 0.6) is 0 Å². The topological polar surface area (TPSA) is 73.9 Å². The van der Waals surface area contributed by atoms with Crippen LogP contribution in [0.3, 0.4) is 0 Å². The smallest absolute Gasteiger partial charge is 0.0989 e. The summed E-state index contributed by atoms with van der Waals surface area (Å²) < 4.78 is 2.84. The number of piperidine rings is 1. The molecule has 0 radical (unpaired) electrons. The maximum absolute atomic E-state index is 7.29. The highest BCUT2D eigenvalue weighted by Crippen LogP contribution is 2.20. The van der Waals surface area contributed by atoms with Crippen LogP contribution in [0.1, 0.15) is 19.3 Å². The van der Waals surface area contributed by atoms with Crippen LogP contribution in [0.25, 0.3) is 0 Å². The molecule has 0 amide bonds. The molecule has 4 nitrogen and oxygen atoms in total. The lowest BCUT2D eigenvalue weighted by atomic mass is 10.1. The summed E-state index contributed by atoms with van der Waals surface area (Å²) in [6.07, 6.45) is 4.74. The van der Waals surface area contributed by atoms with Crippen molar-refractivity contribution >= 4 is 18.2 Å². The zero-order valence-electron chi connectivity index (χ0n) is 8.10. The zero-order chi connectivity index (χ0) is 10.4. The van der Waals surface area contributed by atoms with Gasteiger partial charge in [0.15, 0.2) is 0 Å². The maximum Gasteiger partial charge on any atom is 0.0989 e. The predicted octanol–water partition coefficient (Wildman–Crippen LogP) is 1.29. The number of rotatable bonds is 4. The average Bonchev–Trinajstić information content (AvgIpc) is 2.20. The molecule has 1 rings (SSSR count). The highest BCUT2D eigenvalue weighted by Gasteiger charge is 2.09. The van der Waals surface area contributed by atoms with Crippen LogP contribution in [-0.2, 0) is 0 Å². The summed E-state index contributed by atoms with van der Waals surface area (Å²) in [6, 6.07) is 0. The Hall–Kier alpha value is -1.10. The monoisotopic (exact) mass is 212 g/mol. The molecule has 0 unspecified atom stereocenters. The van der Waals surface area contributed by atoms with Gasteiger partial charge in [-0.15, -0.1) is 0 Å². The molecule has 14 heavy (non-hydrogen) atoms. The summed E-state index contributed by atoms with van der Waals surface area (Å²) in [7, 11) is 0. The van der Waals surface area contributed by atoms with Crippen LogP contribution in [0.2, 0.25) is 0 Å². The molecule has 78 valence electrons. The summed E-state index contributed by atoms with van der Waals surface area (Å²) in [4.78, 5) is 0.885. The van der Waals surface area contributed by atoms with E-state index in [-0.39, 0.29) is 0 Å². The predicted molar refractivity (Wildman–Crippen MR) is 61.7 cm³/mol. The van der Waals surface area contributed by atoms with Gasteiger partial charge in [0.05, 0.1) is 10.7 Å². The molecule has 0 aliphatic carbocycles. The van der Waals surface area contributed by atoms with E-state index < -0.39 is 0 Å². The van der Waals surface area contributed by atoms with Gasteiger partial charge in [-0.2, -0.15) is 0 Å². The van der Waals surface area contributed by atoms with Gasteiger partial charge in [0, 0.05) is 18.5 Å². The van der Waals surface area contributed by atoms with Crippen molar-refractivity contribution in [1.29, 1.82) is 5.41 Å². The molecule has 5 N–H and O–H groups in total. The number of hydrogen-bond donors (Lipinski definition) is 4. The van der Waals surface area contributed by atoms with Gasteiger partial charge in [-0.25, -0.2) is 0 Å². The molecule has 1 aliphatic rings. The Bertz CT molecular complexity index is 252. The Morgan fingerprint density at radius 1 is 1.64 bits per heavy atom. The van der Waals surface area contributed by atoms with E-state index >= 15 is 0 Å². The first kappa shape index (κ1) is 11.0. The number of nitrogens with one attached hydrogen (secondary N) is 3. The van der Waals surface area contributed by atoms with Crippen LogP contribution in [0, 0.1) is 5.41 Å². The summed E-state index contributed by atoms with van der Waals surface area (Å²) in [5.41, 5.74) is 6.51. The molecule has 0 atom stereocenters. The molecule has 1 heterocycles. The van der Waals surface area contributed by atoms with Crippen molar-refractivity contribution in [2.24, 2.45) is 5.73 Å². The number of nitrogens with two attached hydrogens (primary N) is 1. The van der Waals surface area contributed by atoms with Gasteiger partial charge in [-0.3, -0.25) is 0 Å². The Kier molecular flexibility index (Phi) is 4.39. The van der Waals surface area contributed by atoms with E-state index in [0.29, 0.717) is 5.82 Å². The van der Waals surface area contributed by atoms with Crippen LogP contribution in [-0.4, -0.2) is 12.8 Å². The summed E-state index contributed by atoms with van der Waals surface area (Å²) >= 11 is 1.34. The summed E-state index contributed by atoms with van der Waals surface area (Å²) in [5, 5.41) is 10.6. The van der Waals surface area contributed by atoms with Crippen molar-refractivity contribution in [3.8, 4) is 0 Å². The fraction of sp³-hybridized carbons (Fsp3) is 0.444. The highest BCUT2D eigenvalue weighted by atomic mass is 32.2. The normalized spacial score (nSPS) is 19.4. The van der Waals surface area contributed by atoms with E-state index in [1.54, 1.807) is 0 Å². The third-order valence-corrected chi connectivity index (χ3v) is 2.86. The van der Waals surface area contributed by atoms with Crippen molar-refractivity contribution < 1.29 is 0 Å². The van der Waals surface area contributed by atoms with Crippen molar-refractivity contribution in [3.05, 3.63) is 23.0 Å². The molecule has 5 heteroatoms. The van der Waals surface area contributed by atoms with E-state index in [1.165, 1.54) is 31.0 Å². The first-order chi connectivity index (χ1) is 6.74. The molecule has 0 saturated carbocycles. The van der Waals surface area contributed by atoms with Gasteiger partial charge >= 0.3 is 0 Å². The first-order valence-electron chi connectivity index (χ1n) is 4.58. The van der Waals surface area contributed by atoms with Gasteiger partial charge in [-0.05, 0) is 31.2 Å². The third-order valence-electron chi connectivity index (χ3n) is 1.91. The molecule has 1 fully saturated rings. The summed E-state index contributed by atoms with van der Waals surface area (Å²) in [5.74, 6) is 0.408.